The van der Waals surface area contributed by atoms with Crippen LogP contribution in [0.3, 0.4) is 0 Å². The summed E-state index contributed by atoms with van der Waals surface area (Å²) in [6.07, 6.45) is -6.88. The van der Waals surface area contributed by atoms with E-state index in [0.717, 1.165) is 19.3 Å². The predicted molar refractivity (Wildman–Crippen MR) is 99.6 cm³/mol. The summed E-state index contributed by atoms with van der Waals surface area (Å²) in [5.74, 6) is 0. The van der Waals surface area contributed by atoms with Crippen LogP contribution in [0.2, 0.25) is 0 Å². The zero-order valence-electron chi connectivity index (χ0n) is 16.6. The molecule has 0 saturated carbocycles. The second-order valence-electron chi connectivity index (χ2n) is 7.46. The molecule has 10 nitrogen and oxygen atoms in total. The molecular formula is C19H34O10. The first-order valence-electron chi connectivity index (χ1n) is 10.1. The fraction of sp³-hybridized carbons (Fsp3) is 0.895. The van der Waals surface area contributed by atoms with Gasteiger partial charge in [-0.15, -0.1) is 6.58 Å². The van der Waals surface area contributed by atoms with E-state index in [0.29, 0.717) is 6.42 Å². The smallest absolute Gasteiger partial charge is 0.187 e. The maximum atomic E-state index is 10.2. The molecule has 170 valence electrons. The molecule has 2 aliphatic rings. The molecule has 0 aromatic rings. The van der Waals surface area contributed by atoms with E-state index in [1.54, 1.807) is 6.08 Å². The molecule has 0 aliphatic carbocycles. The lowest BCUT2D eigenvalue weighted by molar-refractivity contribution is -0.316. The summed E-state index contributed by atoms with van der Waals surface area (Å²) in [6.45, 7) is 4.98. The third kappa shape index (κ3) is 6.17. The molecule has 29 heavy (non-hydrogen) atoms. The van der Waals surface area contributed by atoms with Crippen molar-refractivity contribution in [3.63, 3.8) is 0 Å². The van der Waals surface area contributed by atoms with Crippen molar-refractivity contribution in [1.82, 2.24) is 0 Å². The first-order valence-corrected chi connectivity index (χ1v) is 10.1. The van der Waals surface area contributed by atoms with Crippen molar-refractivity contribution in [2.45, 2.75) is 94.0 Å². The minimum absolute atomic E-state index is 0.313. The van der Waals surface area contributed by atoms with E-state index in [4.69, 9.17) is 24.1 Å². The fourth-order valence-electron chi connectivity index (χ4n) is 3.37. The third-order valence-electron chi connectivity index (χ3n) is 5.26. The molecule has 0 unspecified atom stereocenters. The molecule has 0 aromatic heterocycles. The number of aliphatic hydroxyl groups is 6. The van der Waals surface area contributed by atoms with Gasteiger partial charge in [0.1, 0.15) is 42.7 Å². The second-order valence-corrected chi connectivity index (χ2v) is 7.46. The van der Waals surface area contributed by atoms with Gasteiger partial charge in [0.25, 0.3) is 0 Å². The van der Waals surface area contributed by atoms with E-state index in [1.165, 1.54) is 0 Å². The quantitative estimate of drug-likeness (QED) is 0.169. The van der Waals surface area contributed by atoms with Crippen LogP contribution in [0.15, 0.2) is 12.7 Å². The summed E-state index contributed by atoms with van der Waals surface area (Å²) in [7, 11) is 0. The summed E-state index contributed by atoms with van der Waals surface area (Å²) in [4.78, 5) is 0. The molecule has 0 amide bonds. The van der Waals surface area contributed by atoms with E-state index in [-0.39, 0.29) is 6.61 Å². The van der Waals surface area contributed by atoms with Crippen molar-refractivity contribution in [3.8, 4) is 0 Å². The number of ether oxygens (including phenoxy) is 4. The van der Waals surface area contributed by atoms with Gasteiger partial charge in [-0.3, -0.25) is 0 Å². The maximum Gasteiger partial charge on any atom is 0.187 e. The summed E-state index contributed by atoms with van der Waals surface area (Å²) in [5, 5.41) is 59.3. The number of hydrogen-bond acceptors (Lipinski definition) is 10. The summed E-state index contributed by atoms with van der Waals surface area (Å²) < 4.78 is 21.9. The van der Waals surface area contributed by atoms with Gasteiger partial charge >= 0.3 is 0 Å². The topological polar surface area (TPSA) is 158 Å². The Morgan fingerprint density at radius 3 is 2.10 bits per heavy atom. The van der Waals surface area contributed by atoms with Crippen LogP contribution < -0.4 is 0 Å². The van der Waals surface area contributed by atoms with Crippen molar-refractivity contribution in [1.29, 1.82) is 0 Å². The molecule has 0 bridgehead atoms. The summed E-state index contributed by atoms with van der Waals surface area (Å²) in [5.41, 5.74) is 0. The van der Waals surface area contributed by atoms with E-state index >= 15 is 0 Å². The van der Waals surface area contributed by atoms with Crippen LogP contribution in [0, 0.1) is 0 Å². The van der Waals surface area contributed by atoms with Gasteiger partial charge in [-0.2, -0.15) is 0 Å². The first kappa shape index (κ1) is 24.6. The highest BCUT2D eigenvalue weighted by Crippen LogP contribution is 2.27. The zero-order chi connectivity index (χ0) is 21.6. The van der Waals surface area contributed by atoms with Gasteiger partial charge in [0.05, 0.1) is 19.3 Å². The Kier molecular flexibility index (Phi) is 9.89. The molecule has 2 heterocycles. The van der Waals surface area contributed by atoms with Crippen LogP contribution in [-0.2, 0) is 18.9 Å². The predicted octanol–water partition coefficient (Wildman–Crippen LogP) is -1.60. The van der Waals surface area contributed by atoms with Crippen molar-refractivity contribution < 1.29 is 49.6 Å². The molecule has 0 spiro atoms. The molecular weight excluding hydrogens is 388 g/mol. The molecule has 6 N–H and O–H groups in total. The number of hydrogen-bond donors (Lipinski definition) is 6. The third-order valence-corrected chi connectivity index (χ3v) is 5.26. The van der Waals surface area contributed by atoms with Crippen LogP contribution in [0.25, 0.3) is 0 Å². The van der Waals surface area contributed by atoms with Crippen molar-refractivity contribution in [2.75, 3.05) is 13.2 Å². The van der Waals surface area contributed by atoms with E-state index in [2.05, 4.69) is 13.5 Å². The Bertz CT molecular complexity index is 492. The maximum absolute atomic E-state index is 10.2. The van der Waals surface area contributed by atoms with Crippen LogP contribution in [0.5, 0.6) is 0 Å². The number of unbranched alkanes of at least 4 members (excludes halogenated alkanes) is 2. The number of rotatable bonds is 11. The molecule has 0 aromatic carbocycles. The Balaban J connectivity index is 1.93. The lowest BCUT2D eigenvalue weighted by Crippen LogP contribution is -2.60. The second kappa shape index (κ2) is 11.7. The minimum atomic E-state index is -1.53. The van der Waals surface area contributed by atoms with Gasteiger partial charge < -0.3 is 49.6 Å². The molecule has 2 aliphatic heterocycles. The molecule has 2 fully saturated rings. The van der Waals surface area contributed by atoms with Gasteiger partial charge in [0, 0.05) is 0 Å². The van der Waals surface area contributed by atoms with Crippen molar-refractivity contribution in [3.05, 3.63) is 12.7 Å². The molecule has 2 saturated heterocycles. The van der Waals surface area contributed by atoms with E-state index < -0.39 is 68.0 Å². The minimum Gasteiger partial charge on any atom is -0.394 e. The van der Waals surface area contributed by atoms with E-state index in [1.807, 2.05) is 0 Å². The highest BCUT2D eigenvalue weighted by atomic mass is 16.7. The van der Waals surface area contributed by atoms with Gasteiger partial charge in [-0.25, -0.2) is 0 Å². The summed E-state index contributed by atoms with van der Waals surface area (Å²) >= 11 is 0. The fourth-order valence-corrected chi connectivity index (χ4v) is 3.37. The Morgan fingerprint density at radius 2 is 1.52 bits per heavy atom. The summed E-state index contributed by atoms with van der Waals surface area (Å²) in [6, 6.07) is 0. The monoisotopic (exact) mass is 422 g/mol. The van der Waals surface area contributed by atoms with Crippen LogP contribution in [0.4, 0.5) is 0 Å². The first-order chi connectivity index (χ1) is 13.8. The Labute approximate surface area is 170 Å². The largest absolute Gasteiger partial charge is 0.394 e. The zero-order valence-corrected chi connectivity index (χ0v) is 16.6. The van der Waals surface area contributed by atoms with Gasteiger partial charge in [-0.1, -0.05) is 32.3 Å². The molecule has 10 heteroatoms. The number of aliphatic hydroxyl groups excluding tert-OH is 6. The highest BCUT2D eigenvalue weighted by Gasteiger charge is 2.47. The molecule has 0 radical (unpaired) electrons. The van der Waals surface area contributed by atoms with Crippen LogP contribution >= 0.6 is 0 Å². The lowest BCUT2D eigenvalue weighted by Gasteiger charge is -2.41. The van der Waals surface area contributed by atoms with E-state index in [9.17, 15) is 25.5 Å². The average Bonchev–Trinajstić information content (AvgIpc) is 3.00. The standard InChI is InChI=1S/C19H34O10/c1-3-5-6-7-10(4-2)27-19-17(25)15(23)14(22)12(29-19)9-26-18-16(24)13(21)11(8-20)28-18/h4,10-25H,2-3,5-9H2,1H3/t10-,11+,12+,13+,14+,15-,16-,17+,18-,19+/m0/s1. The average molecular weight is 422 g/mol. The highest BCUT2D eigenvalue weighted by molar-refractivity contribution is 4.92. The van der Waals surface area contributed by atoms with Crippen molar-refractivity contribution >= 4 is 0 Å². The Morgan fingerprint density at radius 1 is 0.897 bits per heavy atom. The normalized spacial score (nSPS) is 41.4. The lowest BCUT2D eigenvalue weighted by atomic mass is 9.99. The SMILES string of the molecule is C=C[C@@H](CCCCC)O[C@@H]1O[C@H](CO[C@H]2O[C@H](CO)[C@@H](O)[C@@H]2O)[C@@H](O)[C@H](O)[C@H]1O. The Hall–Kier alpha value is -0.660. The van der Waals surface area contributed by atoms with Crippen molar-refractivity contribution in [2.24, 2.45) is 0 Å². The van der Waals surface area contributed by atoms with Crippen LogP contribution in [-0.4, -0.2) is 105 Å². The molecule has 2 rings (SSSR count). The van der Waals surface area contributed by atoms with Gasteiger partial charge in [0.15, 0.2) is 12.6 Å². The van der Waals surface area contributed by atoms with Crippen LogP contribution in [0.1, 0.15) is 32.6 Å². The van der Waals surface area contributed by atoms with Gasteiger partial charge in [-0.05, 0) is 6.42 Å². The molecule has 10 atom stereocenters. The van der Waals surface area contributed by atoms with Gasteiger partial charge in [0.2, 0.25) is 0 Å².